The number of likely N-dealkylation sites (N-methyl/N-ethyl adjacent to an activating group) is 1. The molecule has 0 aliphatic heterocycles. The second-order valence-electron chi connectivity index (χ2n) is 4.86. The first-order valence-corrected chi connectivity index (χ1v) is 8.17. The number of halogens is 2. The zero-order chi connectivity index (χ0) is 15.0. The van der Waals surface area contributed by atoms with Gasteiger partial charge in [-0.1, -0.05) is 55.6 Å². The Kier molecular flexibility index (Phi) is 8.55. The van der Waals surface area contributed by atoms with E-state index < -0.39 is 0 Å². The lowest BCUT2D eigenvalue weighted by atomic mass is 9.98. The summed E-state index contributed by atoms with van der Waals surface area (Å²) in [7, 11) is 0. The van der Waals surface area contributed by atoms with Gasteiger partial charge in [0.05, 0.1) is 16.1 Å². The summed E-state index contributed by atoms with van der Waals surface area (Å²) in [5, 5.41) is 4.79. The van der Waals surface area contributed by atoms with Crippen molar-refractivity contribution in [2.45, 2.75) is 52.2 Å². The quantitative estimate of drug-likeness (QED) is 0.711. The lowest BCUT2D eigenvalue weighted by Crippen LogP contribution is -2.43. The molecule has 4 heteroatoms. The van der Waals surface area contributed by atoms with Crippen molar-refractivity contribution in [2.75, 3.05) is 13.2 Å². The Morgan fingerprint density at radius 1 is 1.20 bits per heavy atom. The molecule has 0 aliphatic rings. The molecule has 20 heavy (non-hydrogen) atoms. The Hall–Kier alpha value is -0.280. The fourth-order valence-electron chi connectivity index (χ4n) is 2.44. The van der Waals surface area contributed by atoms with Crippen LogP contribution in [0.1, 0.15) is 39.2 Å². The molecule has 114 valence electrons. The molecule has 0 spiro atoms. The molecular formula is C16H25Cl2NO. The molecular weight excluding hydrogens is 293 g/mol. The molecule has 2 nitrogen and oxygen atoms in total. The zero-order valence-electron chi connectivity index (χ0n) is 12.6. The predicted octanol–water partition coefficient (Wildman–Crippen LogP) is 4.72. The first kappa shape index (κ1) is 17.8. The molecule has 0 fully saturated rings. The van der Waals surface area contributed by atoms with Crippen LogP contribution in [0.5, 0.6) is 0 Å². The minimum absolute atomic E-state index is 0.208. The normalized spacial score (nSPS) is 14.2. The predicted molar refractivity (Wildman–Crippen MR) is 88.0 cm³/mol. The van der Waals surface area contributed by atoms with E-state index in [1.54, 1.807) is 0 Å². The maximum atomic E-state index is 6.30. The minimum atomic E-state index is 0.208. The van der Waals surface area contributed by atoms with Crippen LogP contribution < -0.4 is 5.32 Å². The molecule has 2 atom stereocenters. The molecule has 0 heterocycles. The van der Waals surface area contributed by atoms with Gasteiger partial charge in [0, 0.05) is 12.6 Å². The van der Waals surface area contributed by atoms with E-state index in [0.717, 1.165) is 38.0 Å². The largest absolute Gasteiger partial charge is 0.377 e. The van der Waals surface area contributed by atoms with Crippen LogP contribution in [0, 0.1) is 0 Å². The molecule has 1 rings (SSSR count). The third kappa shape index (κ3) is 5.25. The molecule has 0 bridgehead atoms. The zero-order valence-corrected chi connectivity index (χ0v) is 14.1. The van der Waals surface area contributed by atoms with E-state index >= 15 is 0 Å². The first-order valence-electron chi connectivity index (χ1n) is 7.41. The number of benzene rings is 1. The molecule has 0 radical (unpaired) electrons. The van der Waals surface area contributed by atoms with E-state index in [-0.39, 0.29) is 12.1 Å². The summed E-state index contributed by atoms with van der Waals surface area (Å²) in [4.78, 5) is 0. The van der Waals surface area contributed by atoms with Gasteiger partial charge in [-0.3, -0.25) is 0 Å². The van der Waals surface area contributed by atoms with Gasteiger partial charge in [0.2, 0.25) is 0 Å². The van der Waals surface area contributed by atoms with E-state index in [2.05, 4.69) is 19.2 Å². The second-order valence-corrected chi connectivity index (χ2v) is 5.65. The van der Waals surface area contributed by atoms with Crippen molar-refractivity contribution in [3.05, 3.63) is 33.8 Å². The Balaban J connectivity index is 2.86. The molecule has 0 aliphatic carbocycles. The molecule has 0 saturated heterocycles. The molecule has 2 unspecified atom stereocenters. The molecule has 0 aromatic heterocycles. The summed E-state index contributed by atoms with van der Waals surface area (Å²) in [6.45, 7) is 7.98. The van der Waals surface area contributed by atoms with Crippen molar-refractivity contribution in [1.82, 2.24) is 5.32 Å². The van der Waals surface area contributed by atoms with Crippen LogP contribution in [0.3, 0.4) is 0 Å². The van der Waals surface area contributed by atoms with Gasteiger partial charge in [0.15, 0.2) is 0 Å². The highest BCUT2D eigenvalue weighted by molar-refractivity contribution is 6.42. The van der Waals surface area contributed by atoms with Crippen LogP contribution in [0.2, 0.25) is 10.0 Å². The van der Waals surface area contributed by atoms with Gasteiger partial charge in [-0.15, -0.1) is 0 Å². The van der Waals surface area contributed by atoms with Crippen molar-refractivity contribution in [3.63, 3.8) is 0 Å². The standard InChI is InChI=1S/C16H25Cl2NO/c1-4-8-15(20-6-3)14(19-5-2)11-12-9-7-10-13(17)16(12)18/h7,9-10,14-15,19H,4-6,8,11H2,1-3H3. The highest BCUT2D eigenvalue weighted by atomic mass is 35.5. The molecule has 1 aromatic carbocycles. The lowest BCUT2D eigenvalue weighted by molar-refractivity contribution is 0.0286. The Morgan fingerprint density at radius 2 is 1.95 bits per heavy atom. The Bertz CT molecular complexity index is 392. The smallest absolute Gasteiger partial charge is 0.0731 e. The topological polar surface area (TPSA) is 21.3 Å². The van der Waals surface area contributed by atoms with E-state index in [0.29, 0.717) is 10.0 Å². The van der Waals surface area contributed by atoms with Gasteiger partial charge >= 0.3 is 0 Å². The summed E-state index contributed by atoms with van der Waals surface area (Å²) < 4.78 is 5.90. The average Bonchev–Trinajstić information content (AvgIpc) is 2.43. The molecule has 0 saturated carbocycles. The van der Waals surface area contributed by atoms with Crippen molar-refractivity contribution < 1.29 is 4.74 Å². The summed E-state index contributed by atoms with van der Waals surface area (Å²) >= 11 is 12.4. The Morgan fingerprint density at radius 3 is 2.55 bits per heavy atom. The number of hydrogen-bond acceptors (Lipinski definition) is 2. The van der Waals surface area contributed by atoms with Crippen molar-refractivity contribution >= 4 is 23.2 Å². The van der Waals surface area contributed by atoms with Crippen molar-refractivity contribution in [1.29, 1.82) is 0 Å². The highest BCUT2D eigenvalue weighted by Gasteiger charge is 2.22. The van der Waals surface area contributed by atoms with Gasteiger partial charge < -0.3 is 10.1 Å². The van der Waals surface area contributed by atoms with E-state index in [1.807, 2.05) is 25.1 Å². The Labute approximate surface area is 132 Å². The number of ether oxygens (including phenoxy) is 1. The minimum Gasteiger partial charge on any atom is -0.377 e. The van der Waals surface area contributed by atoms with E-state index in [4.69, 9.17) is 27.9 Å². The fourth-order valence-corrected chi connectivity index (χ4v) is 2.84. The molecule has 1 aromatic rings. The van der Waals surface area contributed by atoms with Gasteiger partial charge in [-0.2, -0.15) is 0 Å². The van der Waals surface area contributed by atoms with Gasteiger partial charge in [-0.25, -0.2) is 0 Å². The van der Waals surface area contributed by atoms with Gasteiger partial charge in [0.1, 0.15) is 0 Å². The number of nitrogens with one attached hydrogen (secondary N) is 1. The van der Waals surface area contributed by atoms with Gasteiger partial charge in [-0.05, 0) is 37.9 Å². The van der Waals surface area contributed by atoms with E-state index in [1.165, 1.54) is 0 Å². The first-order chi connectivity index (χ1) is 9.63. The summed E-state index contributed by atoms with van der Waals surface area (Å²) in [6.07, 6.45) is 3.19. The van der Waals surface area contributed by atoms with Crippen LogP contribution in [-0.2, 0) is 11.2 Å². The maximum absolute atomic E-state index is 6.30. The van der Waals surface area contributed by atoms with Gasteiger partial charge in [0.25, 0.3) is 0 Å². The van der Waals surface area contributed by atoms with Crippen molar-refractivity contribution in [2.24, 2.45) is 0 Å². The number of hydrogen-bond donors (Lipinski definition) is 1. The third-order valence-electron chi connectivity index (χ3n) is 3.34. The third-order valence-corrected chi connectivity index (χ3v) is 4.20. The summed E-state index contributed by atoms with van der Waals surface area (Å²) in [5.74, 6) is 0. The monoisotopic (exact) mass is 317 g/mol. The summed E-state index contributed by atoms with van der Waals surface area (Å²) in [6, 6.07) is 6.06. The van der Waals surface area contributed by atoms with Crippen LogP contribution in [0.4, 0.5) is 0 Å². The molecule has 0 amide bonds. The maximum Gasteiger partial charge on any atom is 0.0731 e. The second kappa shape index (κ2) is 9.62. The van der Waals surface area contributed by atoms with Crippen LogP contribution in [0.25, 0.3) is 0 Å². The lowest BCUT2D eigenvalue weighted by Gasteiger charge is -2.28. The van der Waals surface area contributed by atoms with E-state index in [9.17, 15) is 0 Å². The average molecular weight is 318 g/mol. The summed E-state index contributed by atoms with van der Waals surface area (Å²) in [5.41, 5.74) is 1.07. The van der Waals surface area contributed by atoms with Crippen LogP contribution in [0.15, 0.2) is 18.2 Å². The SMILES string of the molecule is CCCC(OCC)C(Cc1cccc(Cl)c1Cl)NCC. The number of rotatable bonds is 9. The van der Waals surface area contributed by atoms with Crippen molar-refractivity contribution in [3.8, 4) is 0 Å². The van der Waals surface area contributed by atoms with Crippen LogP contribution >= 0.6 is 23.2 Å². The fraction of sp³-hybridized carbons (Fsp3) is 0.625. The highest BCUT2D eigenvalue weighted by Crippen LogP contribution is 2.27. The molecule has 1 N–H and O–H groups in total. The van der Waals surface area contributed by atoms with Crippen LogP contribution in [-0.4, -0.2) is 25.3 Å².